The number of aromatic nitrogens is 3. The summed E-state index contributed by atoms with van der Waals surface area (Å²) in [6.07, 6.45) is -5.79. The highest BCUT2D eigenvalue weighted by Gasteiger charge is 2.35. The molecule has 0 unspecified atom stereocenters. The third kappa shape index (κ3) is 7.89. The van der Waals surface area contributed by atoms with E-state index in [9.17, 15) is 34.8 Å². The van der Waals surface area contributed by atoms with E-state index in [4.69, 9.17) is 0 Å². The topological polar surface area (TPSA) is 88.1 Å². The van der Waals surface area contributed by atoms with E-state index in [2.05, 4.69) is 19.8 Å². The number of sulfonamides is 1. The molecule has 0 atom stereocenters. The van der Waals surface area contributed by atoms with E-state index in [1.54, 1.807) is 11.1 Å². The maximum absolute atomic E-state index is 13.9. The van der Waals surface area contributed by atoms with Crippen molar-refractivity contribution in [1.82, 2.24) is 24.8 Å². The van der Waals surface area contributed by atoms with Crippen molar-refractivity contribution < 1.29 is 34.8 Å². The van der Waals surface area contributed by atoms with Crippen LogP contribution in [0.2, 0.25) is 0 Å². The molecule has 6 rings (SSSR count). The van der Waals surface area contributed by atoms with Crippen molar-refractivity contribution in [3.8, 4) is 33.9 Å². The summed E-state index contributed by atoms with van der Waals surface area (Å²) in [6.45, 7) is 0.475. The molecule has 3 aromatic carbocycles. The van der Waals surface area contributed by atoms with Crippen LogP contribution in [0.25, 0.3) is 33.9 Å². The molecular weight excluding hydrogens is 656 g/mol. The molecule has 1 fully saturated rings. The molecule has 7 nitrogen and oxygen atoms in total. The lowest BCUT2D eigenvalue weighted by Gasteiger charge is -2.23. The number of alkyl halides is 6. The first-order chi connectivity index (χ1) is 22.8. The molecule has 1 aliphatic carbocycles. The molecule has 0 bridgehead atoms. The Labute approximate surface area is 272 Å². The zero-order valence-corrected chi connectivity index (χ0v) is 25.8. The molecule has 1 aliphatic rings. The largest absolute Gasteiger partial charge is 0.433 e. The Hall–Kier alpha value is -4.66. The lowest BCUT2D eigenvalue weighted by atomic mass is 10.1. The number of hydrazine groups is 1. The predicted octanol–water partition coefficient (Wildman–Crippen LogP) is 7.81. The van der Waals surface area contributed by atoms with Crippen LogP contribution in [0, 0.1) is 0 Å². The molecule has 5 aromatic rings. The summed E-state index contributed by atoms with van der Waals surface area (Å²) in [7, 11) is -4.00. The van der Waals surface area contributed by atoms with Gasteiger partial charge < -0.3 is 0 Å². The fourth-order valence-corrected chi connectivity index (χ4v) is 6.23. The van der Waals surface area contributed by atoms with Gasteiger partial charge in [-0.2, -0.15) is 26.3 Å². The molecule has 2 heterocycles. The minimum atomic E-state index is -4.88. The molecule has 0 saturated heterocycles. The van der Waals surface area contributed by atoms with Crippen molar-refractivity contribution in [1.29, 1.82) is 0 Å². The highest BCUT2D eigenvalue weighted by molar-refractivity contribution is 7.89. The van der Waals surface area contributed by atoms with Gasteiger partial charge in [0.15, 0.2) is 5.82 Å². The zero-order valence-electron chi connectivity index (χ0n) is 25.0. The van der Waals surface area contributed by atoms with Crippen molar-refractivity contribution in [2.45, 2.75) is 42.6 Å². The van der Waals surface area contributed by atoms with Crippen molar-refractivity contribution in [3.63, 3.8) is 0 Å². The molecule has 0 spiro atoms. The number of hydrogen-bond acceptors (Lipinski definition) is 6. The Kier molecular flexibility index (Phi) is 9.07. The lowest BCUT2D eigenvalue weighted by molar-refractivity contribution is -0.141. The Morgan fingerprint density at radius 1 is 0.729 bits per heavy atom. The number of benzene rings is 3. The molecule has 48 heavy (non-hydrogen) atoms. The van der Waals surface area contributed by atoms with Crippen LogP contribution in [0.15, 0.2) is 108 Å². The monoisotopic (exact) mass is 683 g/mol. The summed E-state index contributed by atoms with van der Waals surface area (Å²) in [5.41, 5.74) is -0.624. The molecule has 1 N–H and O–H groups in total. The van der Waals surface area contributed by atoms with Gasteiger partial charge in [-0.15, -0.1) is 4.83 Å². The molecule has 0 aliphatic heterocycles. The Bertz CT molecular complexity index is 2020. The van der Waals surface area contributed by atoms with Crippen molar-refractivity contribution in [3.05, 3.63) is 120 Å². The quantitative estimate of drug-likeness (QED) is 0.119. The minimum Gasteiger partial charge on any atom is -0.256 e. The van der Waals surface area contributed by atoms with Crippen LogP contribution in [0.3, 0.4) is 0 Å². The number of nitrogens with zero attached hydrogens (tertiary/aromatic N) is 4. The van der Waals surface area contributed by atoms with Gasteiger partial charge in [0.05, 0.1) is 21.8 Å². The highest BCUT2D eigenvalue weighted by Crippen LogP contribution is 2.35. The molecule has 0 radical (unpaired) electrons. The van der Waals surface area contributed by atoms with Gasteiger partial charge in [0, 0.05) is 35.5 Å². The fourth-order valence-electron chi connectivity index (χ4n) is 5.04. The van der Waals surface area contributed by atoms with Crippen molar-refractivity contribution >= 4 is 10.0 Å². The fraction of sp³-hybridized carbons (Fsp3) is 0.206. The van der Waals surface area contributed by atoms with Crippen LogP contribution >= 0.6 is 0 Å². The van der Waals surface area contributed by atoms with Gasteiger partial charge in [-0.25, -0.2) is 23.4 Å². The average molecular weight is 684 g/mol. The standard InChI is InChI=1S/C34H27F6N5O2S/c35-33(36,37)26-11-9-23(10-12-26)30-21-31(34(38,39)40)43-32(42-30)25-15-17-41-29(20-25)24-7-4-8-28(19-24)48(46,47)44-45(27-13-14-27)18-16-22-5-2-1-3-6-22/h1-12,15,17,19-21,27,44H,13-14,16,18H2. The van der Waals surface area contributed by atoms with Gasteiger partial charge in [-0.05, 0) is 67.3 Å². The van der Waals surface area contributed by atoms with E-state index in [0.717, 1.165) is 42.7 Å². The van der Waals surface area contributed by atoms with Gasteiger partial charge in [0.1, 0.15) is 5.69 Å². The van der Waals surface area contributed by atoms with Crippen LogP contribution in [0.1, 0.15) is 29.7 Å². The summed E-state index contributed by atoms with van der Waals surface area (Å²) in [5.74, 6) is -0.340. The summed E-state index contributed by atoms with van der Waals surface area (Å²) in [5, 5.41) is 1.73. The Balaban J connectivity index is 1.28. The number of pyridine rings is 1. The van der Waals surface area contributed by atoms with Gasteiger partial charge in [0.2, 0.25) is 0 Å². The van der Waals surface area contributed by atoms with Gasteiger partial charge in [-0.1, -0.05) is 54.6 Å². The van der Waals surface area contributed by atoms with E-state index in [1.165, 1.54) is 36.5 Å². The molecular formula is C34H27F6N5O2S. The van der Waals surface area contributed by atoms with E-state index < -0.39 is 33.6 Å². The van der Waals surface area contributed by atoms with Gasteiger partial charge in [0.25, 0.3) is 10.0 Å². The summed E-state index contributed by atoms with van der Waals surface area (Å²) in [4.78, 5) is 14.9. The van der Waals surface area contributed by atoms with Gasteiger partial charge in [-0.3, -0.25) is 4.98 Å². The molecule has 0 amide bonds. The molecule has 1 saturated carbocycles. The minimum absolute atomic E-state index is 0.0286. The molecule has 14 heteroatoms. The maximum atomic E-state index is 13.9. The zero-order chi connectivity index (χ0) is 34.1. The third-order valence-corrected chi connectivity index (χ3v) is 9.04. The second-order valence-electron chi connectivity index (χ2n) is 11.2. The summed E-state index contributed by atoms with van der Waals surface area (Å²) >= 11 is 0. The van der Waals surface area contributed by atoms with Crippen LogP contribution < -0.4 is 4.83 Å². The summed E-state index contributed by atoms with van der Waals surface area (Å²) in [6, 6.07) is 22.9. The number of hydrogen-bond donors (Lipinski definition) is 1. The van der Waals surface area contributed by atoms with Crippen LogP contribution in [-0.2, 0) is 28.8 Å². The van der Waals surface area contributed by atoms with Crippen LogP contribution in [0.4, 0.5) is 26.3 Å². The maximum Gasteiger partial charge on any atom is 0.433 e. The number of rotatable bonds is 10. The number of nitrogens with one attached hydrogen (secondary N) is 1. The molecule has 248 valence electrons. The normalized spacial score (nSPS) is 14.0. The van der Waals surface area contributed by atoms with E-state index >= 15 is 0 Å². The highest BCUT2D eigenvalue weighted by atomic mass is 32.2. The van der Waals surface area contributed by atoms with Crippen LogP contribution in [-0.4, -0.2) is 41.0 Å². The second kappa shape index (κ2) is 13.1. The third-order valence-electron chi connectivity index (χ3n) is 7.69. The lowest BCUT2D eigenvalue weighted by Crippen LogP contribution is -2.44. The Morgan fingerprint density at radius 2 is 1.46 bits per heavy atom. The molecule has 2 aromatic heterocycles. The average Bonchev–Trinajstić information content (AvgIpc) is 3.92. The summed E-state index contributed by atoms with van der Waals surface area (Å²) < 4.78 is 108. The second-order valence-corrected chi connectivity index (χ2v) is 12.9. The van der Waals surface area contributed by atoms with Crippen molar-refractivity contribution in [2.24, 2.45) is 0 Å². The van der Waals surface area contributed by atoms with Crippen LogP contribution in [0.5, 0.6) is 0 Å². The predicted molar refractivity (Wildman–Crippen MR) is 166 cm³/mol. The number of halogens is 6. The van der Waals surface area contributed by atoms with E-state index in [0.29, 0.717) is 24.6 Å². The van der Waals surface area contributed by atoms with E-state index in [-0.39, 0.29) is 39.3 Å². The van der Waals surface area contributed by atoms with E-state index in [1.807, 2.05) is 30.3 Å². The smallest absolute Gasteiger partial charge is 0.256 e. The van der Waals surface area contributed by atoms with Gasteiger partial charge >= 0.3 is 12.4 Å². The first kappa shape index (κ1) is 33.2. The van der Waals surface area contributed by atoms with Crippen molar-refractivity contribution in [2.75, 3.05) is 6.54 Å². The first-order valence-corrected chi connectivity index (χ1v) is 16.3. The SMILES string of the molecule is O=S(=O)(NN(CCc1ccccc1)C1CC1)c1cccc(-c2cc(-c3nc(-c4ccc(C(F)(F)F)cc4)cc(C(F)(F)F)n3)ccn2)c1. The first-order valence-electron chi connectivity index (χ1n) is 14.8. The Morgan fingerprint density at radius 3 is 2.12 bits per heavy atom.